The van der Waals surface area contributed by atoms with Crippen molar-refractivity contribution in [3.63, 3.8) is 0 Å². The molecule has 2 fully saturated rings. The molecule has 2 heterocycles. The first-order chi connectivity index (χ1) is 8.20. The zero-order valence-corrected chi connectivity index (χ0v) is 10.8. The molecular weight excluding hydrogens is 216 g/mol. The molecule has 0 aliphatic carbocycles. The van der Waals surface area contributed by atoms with Crippen LogP contribution in [0.25, 0.3) is 0 Å². The van der Waals surface area contributed by atoms with Gasteiger partial charge in [-0.3, -0.25) is 0 Å². The molecule has 2 unspecified atom stereocenters. The smallest absolute Gasteiger partial charge is 0.161 e. The number of hydrogen-bond acceptors (Lipinski definition) is 4. The van der Waals surface area contributed by atoms with Crippen molar-refractivity contribution >= 4 is 0 Å². The van der Waals surface area contributed by atoms with Crippen LogP contribution in [0, 0.1) is 17.2 Å². The van der Waals surface area contributed by atoms with Crippen LogP contribution in [-0.2, 0) is 9.47 Å². The van der Waals surface area contributed by atoms with Gasteiger partial charge >= 0.3 is 0 Å². The Balaban J connectivity index is 1.76. The summed E-state index contributed by atoms with van der Waals surface area (Å²) in [4.78, 5) is 2.50. The molecule has 0 aromatic carbocycles. The molecule has 96 valence electrons. The van der Waals surface area contributed by atoms with Crippen molar-refractivity contribution < 1.29 is 9.47 Å². The summed E-state index contributed by atoms with van der Waals surface area (Å²) < 4.78 is 11.4. The summed E-state index contributed by atoms with van der Waals surface area (Å²) in [5.74, 6) is 0.508. The highest BCUT2D eigenvalue weighted by Crippen LogP contribution is 2.29. The summed E-state index contributed by atoms with van der Waals surface area (Å²) in [5.41, 5.74) is 0. The first-order valence-corrected chi connectivity index (χ1v) is 6.58. The number of rotatable bonds is 3. The monoisotopic (exact) mass is 238 g/mol. The highest BCUT2D eigenvalue weighted by Gasteiger charge is 2.34. The van der Waals surface area contributed by atoms with Crippen LogP contribution in [0.4, 0.5) is 0 Å². The first-order valence-electron chi connectivity index (χ1n) is 6.58. The zero-order chi connectivity index (χ0) is 12.3. The Morgan fingerprint density at radius 3 is 2.65 bits per heavy atom. The van der Waals surface area contributed by atoms with Crippen molar-refractivity contribution in [1.82, 2.24) is 4.90 Å². The molecule has 2 atom stereocenters. The maximum Gasteiger partial charge on any atom is 0.161 e. The Morgan fingerprint density at radius 1 is 1.35 bits per heavy atom. The number of hydrogen-bond donors (Lipinski definition) is 0. The number of likely N-dealkylation sites (tertiary alicyclic amines) is 1. The third kappa shape index (κ3) is 3.19. The van der Waals surface area contributed by atoms with E-state index in [1.165, 1.54) is 0 Å². The second-order valence-electron chi connectivity index (χ2n) is 5.29. The lowest BCUT2D eigenvalue weighted by Crippen LogP contribution is -2.41. The van der Waals surface area contributed by atoms with Crippen molar-refractivity contribution in [1.29, 1.82) is 5.26 Å². The van der Waals surface area contributed by atoms with E-state index in [0.717, 1.165) is 25.9 Å². The molecule has 2 aliphatic rings. The summed E-state index contributed by atoms with van der Waals surface area (Å²) in [6, 6.07) is 2.77. The summed E-state index contributed by atoms with van der Waals surface area (Å²) in [6.07, 6.45) is 2.65. The summed E-state index contributed by atoms with van der Waals surface area (Å²) in [7, 11) is 0. The lowest BCUT2D eigenvalue weighted by atomic mass is 9.95. The Labute approximate surface area is 103 Å². The lowest BCUT2D eigenvalue weighted by molar-refractivity contribution is -0.110. The normalized spacial score (nSPS) is 31.9. The molecule has 2 aliphatic heterocycles. The minimum absolute atomic E-state index is 0.00636. The van der Waals surface area contributed by atoms with Gasteiger partial charge in [0.25, 0.3) is 0 Å². The Morgan fingerprint density at radius 2 is 2.06 bits per heavy atom. The van der Waals surface area contributed by atoms with Gasteiger partial charge in [-0.25, -0.2) is 0 Å². The molecule has 0 amide bonds. The number of nitrogens with zero attached hydrogens (tertiary/aromatic N) is 2. The van der Waals surface area contributed by atoms with Gasteiger partial charge in [0.15, 0.2) is 6.29 Å². The molecule has 0 aromatic heterocycles. The van der Waals surface area contributed by atoms with Gasteiger partial charge in [0.2, 0.25) is 0 Å². The van der Waals surface area contributed by atoms with Crippen LogP contribution in [0.15, 0.2) is 0 Å². The van der Waals surface area contributed by atoms with E-state index in [-0.39, 0.29) is 12.4 Å². The van der Waals surface area contributed by atoms with Gasteiger partial charge in [-0.1, -0.05) is 0 Å². The molecule has 0 aromatic rings. The molecular formula is C13H22N2O2. The van der Waals surface area contributed by atoms with Crippen LogP contribution < -0.4 is 0 Å². The summed E-state index contributed by atoms with van der Waals surface area (Å²) in [5, 5.41) is 8.63. The van der Waals surface area contributed by atoms with Crippen molar-refractivity contribution in [2.24, 2.45) is 5.92 Å². The van der Waals surface area contributed by atoms with Gasteiger partial charge in [0, 0.05) is 12.0 Å². The maximum atomic E-state index is 8.63. The summed E-state index contributed by atoms with van der Waals surface area (Å²) in [6.45, 7) is 7.34. The highest BCUT2D eigenvalue weighted by atomic mass is 16.7. The Hall–Kier alpha value is -0.630. The molecule has 2 rings (SSSR count). The molecule has 0 spiro atoms. The Kier molecular flexibility index (Phi) is 4.38. The Bertz CT molecular complexity index is 280. The standard InChI is InChI=1S/C13H22N2O2/c1-10(2)15-7-4-11(5-8-15)13-16-9-12(17-13)3-6-14/h10-13H,3-5,7-9H2,1-2H3. The van der Waals surface area contributed by atoms with Gasteiger partial charge in [-0.2, -0.15) is 5.26 Å². The van der Waals surface area contributed by atoms with E-state index in [1.54, 1.807) is 0 Å². The van der Waals surface area contributed by atoms with Gasteiger partial charge < -0.3 is 14.4 Å². The average Bonchev–Trinajstić information content (AvgIpc) is 2.78. The van der Waals surface area contributed by atoms with E-state index in [2.05, 4.69) is 24.8 Å². The second kappa shape index (κ2) is 5.81. The molecule has 4 nitrogen and oxygen atoms in total. The minimum atomic E-state index is -0.0670. The van der Waals surface area contributed by atoms with E-state index in [4.69, 9.17) is 14.7 Å². The van der Waals surface area contributed by atoms with Crippen LogP contribution in [0.2, 0.25) is 0 Å². The molecule has 0 saturated carbocycles. The van der Waals surface area contributed by atoms with Crippen LogP contribution in [0.3, 0.4) is 0 Å². The van der Waals surface area contributed by atoms with Crippen molar-refractivity contribution in [3.8, 4) is 6.07 Å². The van der Waals surface area contributed by atoms with Crippen LogP contribution in [-0.4, -0.2) is 43.0 Å². The fourth-order valence-electron chi connectivity index (χ4n) is 2.63. The number of ether oxygens (including phenoxy) is 2. The lowest BCUT2D eigenvalue weighted by Gasteiger charge is -2.36. The topological polar surface area (TPSA) is 45.5 Å². The van der Waals surface area contributed by atoms with E-state index in [9.17, 15) is 0 Å². The molecule has 0 radical (unpaired) electrons. The van der Waals surface area contributed by atoms with E-state index in [0.29, 0.717) is 25.0 Å². The molecule has 2 saturated heterocycles. The van der Waals surface area contributed by atoms with Gasteiger partial charge in [-0.05, 0) is 39.8 Å². The largest absolute Gasteiger partial charge is 0.350 e. The predicted octanol–water partition coefficient (Wildman–Crippen LogP) is 1.76. The fourth-order valence-corrected chi connectivity index (χ4v) is 2.63. The van der Waals surface area contributed by atoms with Crippen molar-refractivity contribution in [2.45, 2.75) is 51.5 Å². The fraction of sp³-hybridized carbons (Fsp3) is 0.923. The highest BCUT2D eigenvalue weighted by molar-refractivity contribution is 4.83. The predicted molar refractivity (Wildman–Crippen MR) is 64.3 cm³/mol. The van der Waals surface area contributed by atoms with E-state index in [1.807, 2.05) is 0 Å². The van der Waals surface area contributed by atoms with Crippen LogP contribution in [0.5, 0.6) is 0 Å². The van der Waals surface area contributed by atoms with Gasteiger partial charge in [-0.15, -0.1) is 0 Å². The molecule has 4 heteroatoms. The zero-order valence-electron chi connectivity index (χ0n) is 10.8. The minimum Gasteiger partial charge on any atom is -0.350 e. The molecule has 0 N–H and O–H groups in total. The summed E-state index contributed by atoms with van der Waals surface area (Å²) >= 11 is 0. The SMILES string of the molecule is CC(C)N1CCC(C2OCC(CC#N)O2)CC1. The van der Waals surface area contributed by atoms with Crippen LogP contribution >= 0.6 is 0 Å². The van der Waals surface area contributed by atoms with Crippen molar-refractivity contribution in [3.05, 3.63) is 0 Å². The van der Waals surface area contributed by atoms with E-state index >= 15 is 0 Å². The second-order valence-corrected chi connectivity index (χ2v) is 5.29. The maximum absolute atomic E-state index is 8.63. The third-order valence-corrected chi connectivity index (χ3v) is 3.78. The number of piperidine rings is 1. The van der Waals surface area contributed by atoms with Gasteiger partial charge in [0.1, 0.15) is 0 Å². The molecule has 0 bridgehead atoms. The third-order valence-electron chi connectivity index (χ3n) is 3.78. The van der Waals surface area contributed by atoms with Crippen LogP contribution in [0.1, 0.15) is 33.1 Å². The first kappa shape index (κ1) is 12.8. The quantitative estimate of drug-likeness (QED) is 0.751. The average molecular weight is 238 g/mol. The van der Waals surface area contributed by atoms with Crippen molar-refractivity contribution in [2.75, 3.05) is 19.7 Å². The number of nitriles is 1. The molecule has 17 heavy (non-hydrogen) atoms. The van der Waals surface area contributed by atoms with E-state index < -0.39 is 0 Å². The van der Waals surface area contributed by atoms with Gasteiger partial charge in [0.05, 0.1) is 25.2 Å².